The van der Waals surface area contributed by atoms with Crippen molar-refractivity contribution < 1.29 is 27.4 Å². The molecule has 0 saturated carbocycles. The van der Waals surface area contributed by atoms with Crippen LogP contribution >= 0.6 is 11.6 Å². The molecule has 150 valence electrons. The summed E-state index contributed by atoms with van der Waals surface area (Å²) in [5, 5.41) is 0. The van der Waals surface area contributed by atoms with Crippen molar-refractivity contribution in [3.8, 4) is 11.5 Å². The summed E-state index contributed by atoms with van der Waals surface area (Å²) < 4.78 is 41.3. The maximum Gasteiger partial charge on any atom is 0.303 e. The average Bonchev–Trinajstić information content (AvgIpc) is 2.70. The minimum atomic E-state index is -3.67. The molecule has 0 saturated heterocycles. The van der Waals surface area contributed by atoms with Crippen LogP contribution in [0.2, 0.25) is 0 Å². The lowest BCUT2D eigenvalue weighted by atomic mass is 10.3. The van der Waals surface area contributed by atoms with E-state index in [1.807, 2.05) is 0 Å². The highest BCUT2D eigenvalue weighted by Gasteiger charge is 2.18. The van der Waals surface area contributed by atoms with Crippen LogP contribution in [0.25, 0.3) is 0 Å². The van der Waals surface area contributed by atoms with E-state index in [0.717, 1.165) is 0 Å². The molecule has 0 fully saturated rings. The standard InChI is InChI=1S/C20H21ClO6S/c1-3-12-25-16-4-8-19(9-5-16)28(23,24)20-10-6-17(7-11-20)26-14-18(13-21)27-15(2)22/h3-11,18H,1,12-14H2,2H3. The maximum atomic E-state index is 12.7. The summed E-state index contributed by atoms with van der Waals surface area (Å²) >= 11 is 5.72. The predicted octanol–water partition coefficient (Wildman–Crippen LogP) is 3.49. The quantitative estimate of drug-likeness (QED) is 0.429. The van der Waals surface area contributed by atoms with E-state index in [9.17, 15) is 13.2 Å². The van der Waals surface area contributed by atoms with Gasteiger partial charge in [-0.2, -0.15) is 0 Å². The van der Waals surface area contributed by atoms with E-state index in [2.05, 4.69) is 6.92 Å². The maximum absolute atomic E-state index is 12.7. The Balaban J connectivity index is 2.05. The third-order valence-electron chi connectivity index (χ3n) is 3.58. The first kappa shape index (κ1) is 22.0. The van der Waals surface area contributed by atoms with E-state index in [-0.39, 0.29) is 22.3 Å². The van der Waals surface area contributed by atoms with E-state index >= 15 is 0 Å². The van der Waals surface area contributed by atoms with Crippen LogP contribution < -0.4 is 9.47 Å². The number of halogens is 1. The number of hydrogen-bond acceptors (Lipinski definition) is 6. The van der Waals surface area contributed by atoms with Gasteiger partial charge in [-0.25, -0.2) is 8.42 Å². The monoisotopic (exact) mass is 424 g/mol. The summed E-state index contributed by atoms with van der Waals surface area (Å²) in [4.78, 5) is 11.3. The van der Waals surface area contributed by atoms with Crippen LogP contribution in [0.15, 0.2) is 58.3 Å². The van der Waals surface area contributed by atoms with Gasteiger partial charge in [-0.1, -0.05) is 0 Å². The minimum Gasteiger partial charge on any atom is -0.493 e. The highest BCUT2D eigenvalue weighted by molar-refractivity contribution is 7.91. The Morgan fingerprint density at radius 3 is 1.96 bits per heavy atom. The Morgan fingerprint density at radius 2 is 1.54 bits per heavy atom. The SMILES string of the molecule is [CH2][CH]COc1ccc(S(=O)(=O)c2ccc(OCC(CCl)OC(C)=O)cc2)cc1. The third kappa shape index (κ3) is 6.14. The highest BCUT2D eigenvalue weighted by Crippen LogP contribution is 2.25. The second-order valence-electron chi connectivity index (χ2n) is 5.74. The summed E-state index contributed by atoms with van der Waals surface area (Å²) in [6.07, 6.45) is 1.03. The lowest BCUT2D eigenvalue weighted by molar-refractivity contribution is -0.146. The molecule has 0 N–H and O–H groups in total. The Labute approximate surface area is 170 Å². The van der Waals surface area contributed by atoms with Gasteiger partial charge in [0.25, 0.3) is 0 Å². The number of rotatable bonds is 10. The van der Waals surface area contributed by atoms with Crippen LogP contribution in [-0.2, 0) is 19.4 Å². The molecule has 28 heavy (non-hydrogen) atoms. The van der Waals surface area contributed by atoms with Crippen molar-refractivity contribution in [2.45, 2.75) is 22.8 Å². The van der Waals surface area contributed by atoms with E-state index in [4.69, 9.17) is 25.8 Å². The molecule has 0 aliphatic rings. The van der Waals surface area contributed by atoms with Crippen molar-refractivity contribution in [2.75, 3.05) is 19.1 Å². The molecule has 6 nitrogen and oxygen atoms in total. The highest BCUT2D eigenvalue weighted by atomic mass is 35.5. The molecule has 0 aliphatic heterocycles. The fourth-order valence-electron chi connectivity index (χ4n) is 2.26. The number of ether oxygens (including phenoxy) is 3. The number of benzene rings is 2. The lowest BCUT2D eigenvalue weighted by Gasteiger charge is -2.15. The van der Waals surface area contributed by atoms with Gasteiger partial charge in [-0.3, -0.25) is 4.79 Å². The van der Waals surface area contributed by atoms with Crippen molar-refractivity contribution >= 4 is 27.4 Å². The van der Waals surface area contributed by atoms with Crippen molar-refractivity contribution in [3.63, 3.8) is 0 Å². The number of carbonyl (C=O) groups excluding carboxylic acids is 1. The van der Waals surface area contributed by atoms with Crippen LogP contribution in [0.1, 0.15) is 6.92 Å². The van der Waals surface area contributed by atoms with Crippen LogP contribution in [0.5, 0.6) is 11.5 Å². The van der Waals surface area contributed by atoms with Crippen molar-refractivity contribution in [3.05, 3.63) is 61.9 Å². The number of sulfone groups is 1. The number of carbonyl (C=O) groups is 1. The van der Waals surface area contributed by atoms with E-state index in [0.29, 0.717) is 18.1 Å². The van der Waals surface area contributed by atoms with E-state index < -0.39 is 21.9 Å². The Hall–Kier alpha value is -2.25. The smallest absolute Gasteiger partial charge is 0.303 e. The summed E-state index contributed by atoms with van der Waals surface area (Å²) in [6.45, 7) is 5.26. The molecule has 8 heteroatoms. The van der Waals surface area contributed by atoms with Crippen molar-refractivity contribution in [1.29, 1.82) is 0 Å². The van der Waals surface area contributed by atoms with Crippen molar-refractivity contribution in [1.82, 2.24) is 0 Å². The van der Waals surface area contributed by atoms with Gasteiger partial charge in [-0.05, 0) is 61.9 Å². The first-order valence-electron chi connectivity index (χ1n) is 8.41. The lowest BCUT2D eigenvalue weighted by Crippen LogP contribution is -2.25. The molecule has 0 bridgehead atoms. The topological polar surface area (TPSA) is 78.9 Å². The molecule has 2 radical (unpaired) electrons. The molecule has 2 rings (SSSR count). The summed E-state index contributed by atoms with van der Waals surface area (Å²) in [7, 11) is -3.67. The minimum absolute atomic E-state index is 0.0708. The van der Waals surface area contributed by atoms with Gasteiger partial charge in [0.1, 0.15) is 24.2 Å². The molecule has 1 unspecified atom stereocenters. The van der Waals surface area contributed by atoms with Gasteiger partial charge in [0.2, 0.25) is 9.84 Å². The molecule has 2 aromatic carbocycles. The molecule has 0 spiro atoms. The molecule has 0 amide bonds. The first-order chi connectivity index (χ1) is 13.4. The van der Waals surface area contributed by atoms with Gasteiger partial charge in [0, 0.05) is 6.92 Å². The van der Waals surface area contributed by atoms with Gasteiger partial charge in [0.05, 0.1) is 22.3 Å². The zero-order valence-corrected chi connectivity index (χ0v) is 16.9. The van der Waals surface area contributed by atoms with E-state index in [1.54, 1.807) is 18.6 Å². The van der Waals surface area contributed by atoms with Gasteiger partial charge in [0.15, 0.2) is 0 Å². The molecular weight excluding hydrogens is 404 g/mol. The zero-order chi connectivity index (χ0) is 20.6. The Morgan fingerprint density at radius 1 is 1.04 bits per heavy atom. The zero-order valence-electron chi connectivity index (χ0n) is 15.3. The van der Waals surface area contributed by atoms with Gasteiger partial charge >= 0.3 is 5.97 Å². The third-order valence-corrected chi connectivity index (χ3v) is 5.71. The second kappa shape index (κ2) is 10.3. The van der Waals surface area contributed by atoms with Gasteiger partial charge in [-0.15, -0.1) is 11.6 Å². The number of esters is 1. The molecule has 0 aliphatic carbocycles. The Kier molecular flexibility index (Phi) is 8.14. The largest absolute Gasteiger partial charge is 0.493 e. The summed E-state index contributed by atoms with van der Waals surface area (Å²) in [5.41, 5.74) is 0. The summed E-state index contributed by atoms with van der Waals surface area (Å²) in [6, 6.07) is 12.1. The predicted molar refractivity (Wildman–Crippen MR) is 105 cm³/mol. The fraction of sp³-hybridized carbons (Fsp3) is 0.250. The number of hydrogen-bond donors (Lipinski definition) is 0. The first-order valence-corrected chi connectivity index (χ1v) is 10.4. The van der Waals surface area contributed by atoms with Crippen LogP contribution in [-0.4, -0.2) is 39.6 Å². The van der Waals surface area contributed by atoms with Crippen molar-refractivity contribution in [2.24, 2.45) is 0 Å². The van der Waals surface area contributed by atoms with Crippen LogP contribution in [0, 0.1) is 13.3 Å². The molecular formula is C20H21ClO6S. The average molecular weight is 425 g/mol. The Bertz CT molecular complexity index is 863. The fourth-order valence-corrected chi connectivity index (χ4v) is 3.67. The normalized spacial score (nSPS) is 12.2. The molecule has 2 aromatic rings. The molecule has 1 atom stereocenters. The van der Waals surface area contributed by atoms with Crippen LogP contribution in [0.3, 0.4) is 0 Å². The number of alkyl halides is 1. The molecule has 0 heterocycles. The second-order valence-corrected chi connectivity index (χ2v) is 8.00. The van der Waals surface area contributed by atoms with E-state index in [1.165, 1.54) is 43.3 Å². The molecule has 0 aromatic heterocycles. The van der Waals surface area contributed by atoms with Gasteiger partial charge < -0.3 is 14.2 Å². The van der Waals surface area contributed by atoms with Crippen LogP contribution in [0.4, 0.5) is 0 Å². The summed E-state index contributed by atoms with van der Waals surface area (Å²) in [5.74, 6) is 0.647.